The minimum Gasteiger partial charge on any atom is -0.352 e. The molecule has 0 fully saturated rings. The number of nitrogens with one attached hydrogen (secondary N) is 1. The highest BCUT2D eigenvalue weighted by atomic mass is 32.2. The third-order valence-electron chi connectivity index (χ3n) is 5.97. The number of anilines is 1. The van der Waals surface area contributed by atoms with Crippen molar-refractivity contribution in [3.63, 3.8) is 0 Å². The van der Waals surface area contributed by atoms with Crippen LogP contribution in [0.5, 0.6) is 0 Å². The highest BCUT2D eigenvalue weighted by molar-refractivity contribution is 7.92. The van der Waals surface area contributed by atoms with Gasteiger partial charge < -0.3 is 10.2 Å². The first kappa shape index (κ1) is 28.3. The van der Waals surface area contributed by atoms with Crippen molar-refractivity contribution in [1.29, 1.82) is 0 Å². The summed E-state index contributed by atoms with van der Waals surface area (Å²) < 4.78 is 39.5. The van der Waals surface area contributed by atoms with Crippen LogP contribution in [0.3, 0.4) is 0 Å². The maximum Gasteiger partial charge on any atom is 0.242 e. The van der Waals surface area contributed by atoms with Crippen LogP contribution in [0.25, 0.3) is 0 Å². The molecule has 0 spiro atoms. The lowest BCUT2D eigenvalue weighted by Crippen LogP contribution is -2.49. The monoisotopic (exact) mass is 505 g/mol. The van der Waals surface area contributed by atoms with Crippen molar-refractivity contribution in [3.8, 4) is 0 Å². The van der Waals surface area contributed by atoms with Gasteiger partial charge in [0.15, 0.2) is 0 Å². The van der Waals surface area contributed by atoms with E-state index in [0.29, 0.717) is 11.3 Å². The van der Waals surface area contributed by atoms with E-state index in [-0.39, 0.29) is 49.6 Å². The minimum absolute atomic E-state index is 0.0369. The van der Waals surface area contributed by atoms with Gasteiger partial charge >= 0.3 is 0 Å². The Morgan fingerprint density at radius 1 is 1.06 bits per heavy atom. The van der Waals surface area contributed by atoms with E-state index in [9.17, 15) is 22.4 Å². The van der Waals surface area contributed by atoms with Crippen LogP contribution in [-0.4, -0.2) is 50.0 Å². The second kappa shape index (κ2) is 12.7. The number of amides is 2. The summed E-state index contributed by atoms with van der Waals surface area (Å²) in [6, 6.07) is 12.2. The fourth-order valence-corrected chi connectivity index (χ4v) is 4.68. The molecule has 0 radical (unpaired) electrons. The molecular formula is C26H36FN3O4S. The first-order chi connectivity index (χ1) is 16.4. The fraction of sp³-hybridized carbons (Fsp3) is 0.462. The van der Waals surface area contributed by atoms with E-state index in [1.54, 1.807) is 31.2 Å². The Balaban J connectivity index is 2.17. The van der Waals surface area contributed by atoms with Gasteiger partial charge in [-0.1, -0.05) is 37.3 Å². The molecule has 9 heteroatoms. The molecule has 0 unspecified atom stereocenters. The van der Waals surface area contributed by atoms with Gasteiger partial charge in [-0.3, -0.25) is 13.9 Å². The van der Waals surface area contributed by atoms with E-state index < -0.39 is 16.1 Å². The van der Waals surface area contributed by atoms with Crippen LogP contribution in [0, 0.1) is 12.7 Å². The Labute approximate surface area is 208 Å². The first-order valence-corrected chi connectivity index (χ1v) is 13.7. The van der Waals surface area contributed by atoms with Gasteiger partial charge in [-0.25, -0.2) is 12.8 Å². The summed E-state index contributed by atoms with van der Waals surface area (Å²) in [4.78, 5) is 27.5. The van der Waals surface area contributed by atoms with Gasteiger partial charge in [0.05, 0.1) is 11.9 Å². The number of benzene rings is 2. The van der Waals surface area contributed by atoms with Crippen LogP contribution in [0.2, 0.25) is 0 Å². The van der Waals surface area contributed by atoms with Crippen molar-refractivity contribution in [3.05, 3.63) is 65.5 Å². The summed E-state index contributed by atoms with van der Waals surface area (Å²) in [6.07, 6.45) is 2.23. The molecule has 1 N–H and O–H groups in total. The zero-order chi connectivity index (χ0) is 26.2. The SMILES string of the molecule is CC[C@@H](C)NC(=O)[C@@H](C)N(Cc1ccc(F)cc1)C(=O)CCCN(c1ccccc1C)S(C)(=O)=O. The van der Waals surface area contributed by atoms with Gasteiger partial charge in [-0.05, 0) is 62.9 Å². The molecule has 0 saturated heterocycles. The number of sulfonamides is 1. The van der Waals surface area contributed by atoms with E-state index in [0.717, 1.165) is 18.2 Å². The molecule has 0 aliphatic rings. The summed E-state index contributed by atoms with van der Waals surface area (Å²) in [5.41, 5.74) is 2.09. The topological polar surface area (TPSA) is 86.8 Å². The molecule has 2 aromatic carbocycles. The van der Waals surface area contributed by atoms with E-state index in [4.69, 9.17) is 0 Å². The van der Waals surface area contributed by atoms with Crippen molar-refractivity contribution < 1.29 is 22.4 Å². The van der Waals surface area contributed by atoms with Crippen LogP contribution in [0.15, 0.2) is 48.5 Å². The summed E-state index contributed by atoms with van der Waals surface area (Å²) in [7, 11) is -3.55. The van der Waals surface area contributed by atoms with Crippen molar-refractivity contribution in [2.24, 2.45) is 0 Å². The Bertz CT molecular complexity index is 1110. The molecule has 0 aliphatic heterocycles. The first-order valence-electron chi connectivity index (χ1n) is 11.8. The number of aryl methyl sites for hydroxylation is 1. The quantitative estimate of drug-likeness (QED) is 0.472. The second-order valence-corrected chi connectivity index (χ2v) is 10.8. The largest absolute Gasteiger partial charge is 0.352 e. The van der Waals surface area contributed by atoms with Crippen LogP contribution in [-0.2, 0) is 26.2 Å². The zero-order valence-electron chi connectivity index (χ0n) is 21.1. The van der Waals surface area contributed by atoms with Crippen molar-refractivity contribution in [1.82, 2.24) is 10.2 Å². The molecule has 2 rings (SSSR count). The molecule has 0 saturated carbocycles. The smallest absolute Gasteiger partial charge is 0.242 e. The predicted molar refractivity (Wildman–Crippen MR) is 137 cm³/mol. The van der Waals surface area contributed by atoms with Crippen LogP contribution >= 0.6 is 0 Å². The summed E-state index contributed by atoms with van der Waals surface area (Å²) >= 11 is 0. The molecule has 2 amide bonds. The molecule has 0 aliphatic carbocycles. The van der Waals surface area contributed by atoms with Gasteiger partial charge in [0, 0.05) is 25.6 Å². The minimum atomic E-state index is -3.55. The molecule has 35 heavy (non-hydrogen) atoms. The average molecular weight is 506 g/mol. The Morgan fingerprint density at radius 3 is 2.26 bits per heavy atom. The summed E-state index contributed by atoms with van der Waals surface area (Å²) in [5.74, 6) is -0.932. The lowest BCUT2D eigenvalue weighted by molar-refractivity contribution is -0.140. The summed E-state index contributed by atoms with van der Waals surface area (Å²) in [5, 5.41) is 2.90. The van der Waals surface area contributed by atoms with E-state index in [2.05, 4.69) is 5.32 Å². The molecule has 192 valence electrons. The van der Waals surface area contributed by atoms with Crippen LogP contribution < -0.4 is 9.62 Å². The Morgan fingerprint density at radius 2 is 1.69 bits per heavy atom. The number of rotatable bonds is 12. The average Bonchev–Trinajstić information content (AvgIpc) is 2.80. The standard InChI is InChI=1S/C26H36FN3O4S/c1-6-20(3)28-26(32)21(4)29(18-22-13-15-23(27)16-14-22)25(31)12-9-17-30(35(5,33)34)24-11-8-7-10-19(24)2/h7-8,10-11,13-16,20-21H,6,9,12,17-18H2,1-5H3,(H,28,32)/t20-,21-/m1/s1. The number of para-hydroxylation sites is 1. The van der Waals surface area contributed by atoms with Crippen LogP contribution in [0.1, 0.15) is 51.2 Å². The number of carbonyl (C=O) groups is 2. The second-order valence-electron chi connectivity index (χ2n) is 8.87. The van der Waals surface area contributed by atoms with Gasteiger partial charge in [0.2, 0.25) is 21.8 Å². The summed E-state index contributed by atoms with van der Waals surface area (Å²) in [6.45, 7) is 7.62. The molecule has 0 aromatic heterocycles. The fourth-order valence-electron chi connectivity index (χ4n) is 3.66. The Kier molecular flexibility index (Phi) is 10.2. The molecule has 2 aromatic rings. The van der Waals surface area contributed by atoms with Gasteiger partial charge in [-0.15, -0.1) is 0 Å². The number of nitrogens with zero attached hydrogens (tertiary/aromatic N) is 2. The normalized spacial score (nSPS) is 13.1. The lowest BCUT2D eigenvalue weighted by atomic mass is 10.1. The van der Waals surface area contributed by atoms with E-state index in [1.807, 2.05) is 32.9 Å². The zero-order valence-corrected chi connectivity index (χ0v) is 21.9. The van der Waals surface area contributed by atoms with E-state index >= 15 is 0 Å². The van der Waals surface area contributed by atoms with Crippen molar-refractivity contribution >= 4 is 27.5 Å². The Hall–Kier alpha value is -2.94. The van der Waals surface area contributed by atoms with Crippen molar-refractivity contribution in [2.75, 3.05) is 17.1 Å². The third kappa shape index (κ3) is 8.35. The molecular weight excluding hydrogens is 469 g/mol. The highest BCUT2D eigenvalue weighted by Crippen LogP contribution is 2.23. The maximum absolute atomic E-state index is 13.4. The maximum atomic E-state index is 13.4. The van der Waals surface area contributed by atoms with Crippen LogP contribution in [0.4, 0.5) is 10.1 Å². The number of hydrogen-bond donors (Lipinski definition) is 1. The van der Waals surface area contributed by atoms with Crippen molar-refractivity contribution in [2.45, 2.75) is 65.6 Å². The van der Waals surface area contributed by atoms with E-state index in [1.165, 1.54) is 21.3 Å². The number of hydrogen-bond acceptors (Lipinski definition) is 4. The molecule has 0 bridgehead atoms. The van der Waals surface area contributed by atoms with Gasteiger partial charge in [0.1, 0.15) is 11.9 Å². The predicted octanol–water partition coefficient (Wildman–Crippen LogP) is 4.01. The number of carbonyl (C=O) groups excluding carboxylic acids is 2. The highest BCUT2D eigenvalue weighted by Gasteiger charge is 2.27. The third-order valence-corrected chi connectivity index (χ3v) is 7.15. The molecule has 7 nitrogen and oxygen atoms in total. The van der Waals surface area contributed by atoms with Gasteiger partial charge in [-0.2, -0.15) is 0 Å². The molecule has 2 atom stereocenters. The number of halogens is 1. The lowest BCUT2D eigenvalue weighted by Gasteiger charge is -2.30. The van der Waals surface area contributed by atoms with Gasteiger partial charge in [0.25, 0.3) is 0 Å². The molecule has 0 heterocycles.